The summed E-state index contributed by atoms with van der Waals surface area (Å²) in [6, 6.07) is 9.69. The van der Waals surface area contributed by atoms with E-state index in [-0.39, 0.29) is 22.4 Å². The van der Waals surface area contributed by atoms with E-state index in [1.807, 2.05) is 0 Å². The second kappa shape index (κ2) is 6.08. The van der Waals surface area contributed by atoms with Crippen LogP contribution in [0, 0.1) is 5.92 Å². The van der Waals surface area contributed by atoms with Crippen molar-refractivity contribution >= 4 is 22.0 Å². The Hall–Kier alpha value is -2.89. The van der Waals surface area contributed by atoms with Gasteiger partial charge >= 0.3 is 5.92 Å². The van der Waals surface area contributed by atoms with Crippen LogP contribution in [0.5, 0.6) is 0 Å². The molecule has 5 rings (SSSR count). The number of alkyl halides is 2. The maximum atomic E-state index is 15.3. The highest BCUT2D eigenvalue weighted by atomic mass is 19.3. The van der Waals surface area contributed by atoms with Crippen molar-refractivity contribution in [2.75, 3.05) is 0 Å². The highest BCUT2D eigenvalue weighted by molar-refractivity contribution is 5.81. The van der Waals surface area contributed by atoms with Crippen molar-refractivity contribution in [2.24, 2.45) is 5.92 Å². The number of benzene rings is 1. The molecule has 1 aliphatic carbocycles. The topological polar surface area (TPSA) is 51.8 Å². The van der Waals surface area contributed by atoms with Crippen molar-refractivity contribution in [3.05, 3.63) is 65.6 Å². The molecule has 27 heavy (non-hydrogen) atoms. The number of aromatic nitrogens is 3. The molecule has 1 aliphatic rings. The van der Waals surface area contributed by atoms with Gasteiger partial charge in [-0.3, -0.25) is 4.98 Å². The summed E-state index contributed by atoms with van der Waals surface area (Å²) in [4.78, 5) is 8.38. The molecule has 1 fully saturated rings. The predicted molar refractivity (Wildman–Crippen MR) is 97.6 cm³/mol. The summed E-state index contributed by atoms with van der Waals surface area (Å²) < 4.78 is 35.7. The molecule has 6 heteroatoms. The van der Waals surface area contributed by atoms with E-state index in [1.165, 1.54) is 31.4 Å². The summed E-state index contributed by atoms with van der Waals surface area (Å²) in [6.45, 7) is 0. The average Bonchev–Trinajstić information content (AvgIpc) is 3.08. The molecule has 1 aromatic carbocycles. The molecule has 0 saturated heterocycles. The van der Waals surface area contributed by atoms with Crippen molar-refractivity contribution in [1.29, 1.82) is 0 Å². The standard InChI is InChI=1S/C21H17F2N3O/c22-21(23,16-6-7-18-15(11-16)5-2-8-24-18)19-17-10-14(9-13-3-1-4-13)12-25-20(17)27-26-19/h2,5-8,10-13H,1,3-4,9H2. The zero-order valence-electron chi connectivity index (χ0n) is 14.5. The Labute approximate surface area is 154 Å². The molecule has 0 bridgehead atoms. The monoisotopic (exact) mass is 365 g/mol. The maximum Gasteiger partial charge on any atom is 0.319 e. The lowest BCUT2D eigenvalue weighted by Crippen LogP contribution is -2.16. The maximum absolute atomic E-state index is 15.3. The number of hydrogen-bond acceptors (Lipinski definition) is 4. The fourth-order valence-electron chi connectivity index (χ4n) is 3.65. The van der Waals surface area contributed by atoms with Crippen molar-refractivity contribution < 1.29 is 13.3 Å². The van der Waals surface area contributed by atoms with Crippen LogP contribution in [-0.2, 0) is 12.3 Å². The van der Waals surface area contributed by atoms with E-state index in [0.29, 0.717) is 16.8 Å². The fraction of sp³-hybridized carbons (Fsp3) is 0.286. The van der Waals surface area contributed by atoms with Gasteiger partial charge in [0.25, 0.3) is 5.71 Å². The number of hydrogen-bond donors (Lipinski definition) is 0. The van der Waals surface area contributed by atoms with Crippen LogP contribution in [0.2, 0.25) is 0 Å². The second-order valence-corrected chi connectivity index (χ2v) is 7.21. The Bertz CT molecular complexity index is 1130. The van der Waals surface area contributed by atoms with Crippen LogP contribution in [0.15, 0.2) is 53.3 Å². The highest BCUT2D eigenvalue weighted by Crippen LogP contribution is 2.40. The zero-order valence-corrected chi connectivity index (χ0v) is 14.5. The molecule has 3 aromatic heterocycles. The van der Waals surface area contributed by atoms with Crippen LogP contribution in [0.3, 0.4) is 0 Å². The Kier molecular flexibility index (Phi) is 3.67. The third-order valence-corrected chi connectivity index (χ3v) is 5.40. The van der Waals surface area contributed by atoms with Gasteiger partial charge in [0.15, 0.2) is 5.69 Å². The molecule has 0 N–H and O–H groups in total. The van der Waals surface area contributed by atoms with E-state index in [0.717, 1.165) is 12.0 Å². The molecule has 0 spiro atoms. The minimum Gasteiger partial charge on any atom is -0.335 e. The van der Waals surface area contributed by atoms with Crippen LogP contribution < -0.4 is 0 Å². The smallest absolute Gasteiger partial charge is 0.319 e. The number of nitrogens with zero attached hydrogens (tertiary/aromatic N) is 3. The summed E-state index contributed by atoms with van der Waals surface area (Å²) in [5.74, 6) is -2.66. The fourth-order valence-corrected chi connectivity index (χ4v) is 3.65. The van der Waals surface area contributed by atoms with Gasteiger partial charge in [-0.05, 0) is 42.2 Å². The van der Waals surface area contributed by atoms with Crippen LogP contribution in [0.1, 0.15) is 36.1 Å². The van der Waals surface area contributed by atoms with Gasteiger partial charge in [0, 0.05) is 23.3 Å². The Balaban J connectivity index is 1.58. The van der Waals surface area contributed by atoms with Crippen LogP contribution >= 0.6 is 0 Å². The molecule has 4 nitrogen and oxygen atoms in total. The van der Waals surface area contributed by atoms with Crippen LogP contribution in [0.25, 0.3) is 22.0 Å². The zero-order chi connectivity index (χ0) is 18.4. The lowest BCUT2D eigenvalue weighted by Gasteiger charge is -2.25. The Morgan fingerprint density at radius 2 is 2.00 bits per heavy atom. The van der Waals surface area contributed by atoms with Gasteiger partial charge in [0.1, 0.15) is 0 Å². The molecule has 1 saturated carbocycles. The summed E-state index contributed by atoms with van der Waals surface area (Å²) in [5, 5.41) is 4.61. The number of fused-ring (bicyclic) bond motifs is 2. The summed E-state index contributed by atoms with van der Waals surface area (Å²) in [5.41, 5.74) is 1.25. The minimum absolute atomic E-state index is 0.136. The molecule has 3 heterocycles. The van der Waals surface area contributed by atoms with Crippen LogP contribution in [0.4, 0.5) is 8.78 Å². The first-order valence-electron chi connectivity index (χ1n) is 9.09. The average molecular weight is 365 g/mol. The van der Waals surface area contributed by atoms with Gasteiger partial charge in [-0.25, -0.2) is 4.98 Å². The van der Waals surface area contributed by atoms with Crippen molar-refractivity contribution in [1.82, 2.24) is 15.1 Å². The first-order chi connectivity index (χ1) is 13.1. The SMILES string of the molecule is FC(F)(c1ccc2ncccc2c1)c1noc2ncc(CC3CCC3)cc12. The molecule has 0 amide bonds. The Morgan fingerprint density at radius 1 is 1.11 bits per heavy atom. The molecule has 136 valence electrons. The van der Waals surface area contributed by atoms with Gasteiger partial charge in [-0.1, -0.05) is 36.6 Å². The van der Waals surface area contributed by atoms with E-state index >= 15 is 8.78 Å². The minimum atomic E-state index is -3.29. The number of rotatable bonds is 4. The first-order valence-corrected chi connectivity index (χ1v) is 9.09. The lowest BCUT2D eigenvalue weighted by molar-refractivity contribution is 0.0362. The summed E-state index contributed by atoms with van der Waals surface area (Å²) in [6.07, 6.45) is 7.83. The molecule has 0 radical (unpaired) electrons. The molecular weight excluding hydrogens is 348 g/mol. The van der Waals surface area contributed by atoms with E-state index in [9.17, 15) is 0 Å². The Morgan fingerprint density at radius 3 is 2.81 bits per heavy atom. The first kappa shape index (κ1) is 16.3. The van der Waals surface area contributed by atoms with Gasteiger partial charge in [-0.2, -0.15) is 8.78 Å². The normalized spacial score (nSPS) is 15.3. The molecular formula is C21H17F2N3O. The van der Waals surface area contributed by atoms with Gasteiger partial charge in [-0.15, -0.1) is 0 Å². The van der Waals surface area contributed by atoms with Crippen LogP contribution in [-0.4, -0.2) is 15.1 Å². The molecule has 4 aromatic rings. The number of halogens is 2. The second-order valence-electron chi connectivity index (χ2n) is 7.21. The molecule has 0 aliphatic heterocycles. The van der Waals surface area contributed by atoms with Gasteiger partial charge in [0.05, 0.1) is 10.9 Å². The van der Waals surface area contributed by atoms with Crippen molar-refractivity contribution in [2.45, 2.75) is 31.6 Å². The van der Waals surface area contributed by atoms with Gasteiger partial charge in [0.2, 0.25) is 0 Å². The van der Waals surface area contributed by atoms with E-state index < -0.39 is 5.92 Å². The molecule has 0 unspecified atom stereocenters. The number of pyridine rings is 2. The summed E-state index contributed by atoms with van der Waals surface area (Å²) in [7, 11) is 0. The largest absolute Gasteiger partial charge is 0.335 e. The molecule has 0 atom stereocenters. The van der Waals surface area contributed by atoms with E-state index in [4.69, 9.17) is 4.52 Å². The lowest BCUT2D eigenvalue weighted by atomic mass is 9.81. The van der Waals surface area contributed by atoms with Crippen molar-refractivity contribution in [3.8, 4) is 0 Å². The third-order valence-electron chi connectivity index (χ3n) is 5.40. The third kappa shape index (κ3) is 2.76. The highest BCUT2D eigenvalue weighted by Gasteiger charge is 2.40. The van der Waals surface area contributed by atoms with Crippen molar-refractivity contribution in [3.63, 3.8) is 0 Å². The quantitative estimate of drug-likeness (QED) is 0.495. The predicted octanol–water partition coefficient (Wildman–Crippen LogP) is 5.25. The van der Waals surface area contributed by atoms with E-state index in [1.54, 1.807) is 36.7 Å². The van der Waals surface area contributed by atoms with E-state index in [2.05, 4.69) is 15.1 Å². The summed E-state index contributed by atoms with van der Waals surface area (Å²) >= 11 is 0. The van der Waals surface area contributed by atoms with Gasteiger partial charge < -0.3 is 4.52 Å².